The number of carbonyl (C=O) groups excluding carboxylic acids is 2. The molecule has 0 saturated carbocycles. The molecule has 1 atom stereocenters. The number of hydrogen-bond donors (Lipinski definition) is 1. The van der Waals surface area contributed by atoms with E-state index in [2.05, 4.69) is 5.32 Å². The zero-order valence-corrected chi connectivity index (χ0v) is 20.9. The van der Waals surface area contributed by atoms with Gasteiger partial charge in [-0.2, -0.15) is 0 Å². The fraction of sp³-hybridized carbons (Fsp3) is 0.280. The van der Waals surface area contributed by atoms with Gasteiger partial charge in [0.15, 0.2) is 0 Å². The van der Waals surface area contributed by atoms with E-state index in [1.807, 2.05) is 30.3 Å². The standard InChI is InChI=1S/C25H28ClN3O4S/c1-4-27-25(31)18(2)28(16-19-9-7-12-21(26)15-19)24(30)17-29(34(3,32)33)23-14-8-11-20-10-5-6-13-22(20)23/h5-15,18H,4,16-17H2,1-3H3,(H,27,31)/t18-/m0/s1. The van der Waals surface area contributed by atoms with Crippen molar-refractivity contribution in [1.29, 1.82) is 0 Å². The van der Waals surface area contributed by atoms with Crippen LogP contribution >= 0.6 is 11.6 Å². The molecule has 3 aromatic carbocycles. The van der Waals surface area contributed by atoms with Crippen LogP contribution in [0.15, 0.2) is 66.7 Å². The molecule has 0 fully saturated rings. The molecule has 0 aliphatic rings. The highest BCUT2D eigenvalue weighted by Gasteiger charge is 2.30. The summed E-state index contributed by atoms with van der Waals surface area (Å²) in [4.78, 5) is 27.5. The van der Waals surface area contributed by atoms with Crippen molar-refractivity contribution in [1.82, 2.24) is 10.2 Å². The molecular formula is C25H28ClN3O4S. The summed E-state index contributed by atoms with van der Waals surface area (Å²) in [5.41, 5.74) is 1.13. The van der Waals surface area contributed by atoms with Gasteiger partial charge in [-0.05, 0) is 43.0 Å². The predicted octanol–water partition coefficient (Wildman–Crippen LogP) is 3.81. The average molecular weight is 502 g/mol. The Balaban J connectivity index is 2.00. The van der Waals surface area contributed by atoms with Crippen LogP contribution < -0.4 is 9.62 Å². The Morgan fingerprint density at radius 2 is 1.71 bits per heavy atom. The monoisotopic (exact) mass is 501 g/mol. The van der Waals surface area contributed by atoms with Crippen LogP contribution in [0.25, 0.3) is 10.8 Å². The fourth-order valence-corrected chi connectivity index (χ4v) is 4.83. The molecule has 180 valence electrons. The molecule has 2 amide bonds. The number of sulfonamides is 1. The van der Waals surface area contributed by atoms with Crippen molar-refractivity contribution in [2.24, 2.45) is 0 Å². The van der Waals surface area contributed by atoms with E-state index in [9.17, 15) is 18.0 Å². The summed E-state index contributed by atoms with van der Waals surface area (Å²) >= 11 is 6.11. The molecule has 0 unspecified atom stereocenters. The predicted molar refractivity (Wildman–Crippen MR) is 136 cm³/mol. The van der Waals surface area contributed by atoms with Crippen molar-refractivity contribution in [3.05, 3.63) is 77.3 Å². The SMILES string of the molecule is CCNC(=O)[C@H](C)N(Cc1cccc(Cl)c1)C(=O)CN(c1cccc2ccccc12)S(C)(=O)=O. The molecule has 9 heteroatoms. The van der Waals surface area contributed by atoms with Gasteiger partial charge >= 0.3 is 0 Å². The quantitative estimate of drug-likeness (QED) is 0.483. The molecule has 0 spiro atoms. The first-order chi connectivity index (χ1) is 16.1. The van der Waals surface area contributed by atoms with Crippen LogP contribution in [0.3, 0.4) is 0 Å². The molecule has 3 rings (SSSR count). The molecular weight excluding hydrogens is 474 g/mol. The van der Waals surface area contributed by atoms with Crippen molar-refractivity contribution >= 4 is 49.9 Å². The van der Waals surface area contributed by atoms with Gasteiger partial charge in [0.1, 0.15) is 12.6 Å². The second-order valence-electron chi connectivity index (χ2n) is 7.99. The van der Waals surface area contributed by atoms with Gasteiger partial charge in [-0.25, -0.2) is 8.42 Å². The average Bonchev–Trinajstić information content (AvgIpc) is 2.79. The highest BCUT2D eigenvalue weighted by molar-refractivity contribution is 7.92. The van der Waals surface area contributed by atoms with Gasteiger partial charge in [0.2, 0.25) is 21.8 Å². The Hall–Kier alpha value is -3.10. The van der Waals surface area contributed by atoms with Gasteiger partial charge in [-0.1, -0.05) is 60.1 Å². The number of fused-ring (bicyclic) bond motifs is 1. The van der Waals surface area contributed by atoms with Crippen molar-refractivity contribution in [2.45, 2.75) is 26.4 Å². The third kappa shape index (κ3) is 6.07. The molecule has 3 aromatic rings. The van der Waals surface area contributed by atoms with Gasteiger partial charge in [0.25, 0.3) is 0 Å². The van der Waals surface area contributed by atoms with E-state index in [1.165, 1.54) is 4.90 Å². The largest absolute Gasteiger partial charge is 0.355 e. The van der Waals surface area contributed by atoms with Crippen LogP contribution in [0.2, 0.25) is 5.02 Å². The van der Waals surface area contributed by atoms with Crippen molar-refractivity contribution in [3.63, 3.8) is 0 Å². The van der Waals surface area contributed by atoms with Crippen LogP contribution in [0.1, 0.15) is 19.4 Å². The molecule has 0 heterocycles. The van der Waals surface area contributed by atoms with Crippen LogP contribution in [0.4, 0.5) is 5.69 Å². The van der Waals surface area contributed by atoms with E-state index in [4.69, 9.17) is 11.6 Å². The molecule has 34 heavy (non-hydrogen) atoms. The number of halogens is 1. The molecule has 0 aliphatic heterocycles. The number of nitrogens with one attached hydrogen (secondary N) is 1. The molecule has 7 nitrogen and oxygen atoms in total. The zero-order chi connectivity index (χ0) is 24.9. The van der Waals surface area contributed by atoms with E-state index in [0.29, 0.717) is 22.6 Å². The number of benzene rings is 3. The smallest absolute Gasteiger partial charge is 0.244 e. The molecule has 0 saturated heterocycles. The summed E-state index contributed by atoms with van der Waals surface area (Å²) in [7, 11) is -3.81. The Morgan fingerprint density at radius 1 is 1.03 bits per heavy atom. The minimum atomic E-state index is -3.81. The van der Waals surface area contributed by atoms with Crippen molar-refractivity contribution < 1.29 is 18.0 Å². The molecule has 1 N–H and O–H groups in total. The summed E-state index contributed by atoms with van der Waals surface area (Å²) in [6.07, 6.45) is 1.07. The minimum absolute atomic E-state index is 0.102. The number of amides is 2. The molecule has 0 bridgehead atoms. The second kappa shape index (κ2) is 10.9. The second-order valence-corrected chi connectivity index (χ2v) is 10.3. The third-order valence-corrected chi connectivity index (χ3v) is 6.84. The zero-order valence-electron chi connectivity index (χ0n) is 19.4. The van der Waals surface area contributed by atoms with E-state index in [-0.39, 0.29) is 12.5 Å². The summed E-state index contributed by atoms with van der Waals surface area (Å²) in [5, 5.41) is 4.79. The fourth-order valence-electron chi connectivity index (χ4n) is 3.76. The summed E-state index contributed by atoms with van der Waals surface area (Å²) in [5.74, 6) is -0.828. The van der Waals surface area contributed by atoms with Gasteiger partial charge in [0, 0.05) is 23.5 Å². The Bertz CT molecular complexity index is 1290. The lowest BCUT2D eigenvalue weighted by Crippen LogP contribution is -2.51. The van der Waals surface area contributed by atoms with Gasteiger partial charge in [-0.15, -0.1) is 0 Å². The van der Waals surface area contributed by atoms with Crippen LogP contribution in [-0.4, -0.2) is 50.5 Å². The third-order valence-electron chi connectivity index (χ3n) is 5.47. The maximum absolute atomic E-state index is 13.6. The van der Waals surface area contributed by atoms with E-state index >= 15 is 0 Å². The maximum Gasteiger partial charge on any atom is 0.244 e. The van der Waals surface area contributed by atoms with Gasteiger partial charge in [0.05, 0.1) is 11.9 Å². The Kier molecular flexibility index (Phi) is 8.17. The lowest BCUT2D eigenvalue weighted by Gasteiger charge is -2.31. The van der Waals surface area contributed by atoms with Crippen LogP contribution in [0.5, 0.6) is 0 Å². The maximum atomic E-state index is 13.6. The summed E-state index contributed by atoms with van der Waals surface area (Å²) in [6, 6.07) is 18.8. The normalized spacial score (nSPS) is 12.2. The first-order valence-electron chi connectivity index (χ1n) is 10.9. The summed E-state index contributed by atoms with van der Waals surface area (Å²) in [6.45, 7) is 3.48. The van der Waals surface area contributed by atoms with Crippen molar-refractivity contribution in [2.75, 3.05) is 23.7 Å². The first kappa shape index (κ1) is 25.5. The van der Waals surface area contributed by atoms with E-state index < -0.39 is 28.5 Å². The number of hydrogen-bond acceptors (Lipinski definition) is 4. The lowest BCUT2D eigenvalue weighted by molar-refractivity contribution is -0.139. The highest BCUT2D eigenvalue weighted by atomic mass is 35.5. The lowest BCUT2D eigenvalue weighted by atomic mass is 10.1. The Morgan fingerprint density at radius 3 is 2.38 bits per heavy atom. The number of rotatable bonds is 9. The number of likely N-dealkylation sites (N-methyl/N-ethyl adjacent to an activating group) is 1. The molecule has 0 radical (unpaired) electrons. The van der Waals surface area contributed by atoms with E-state index in [1.54, 1.807) is 50.2 Å². The number of anilines is 1. The Labute approximate surface area is 205 Å². The minimum Gasteiger partial charge on any atom is -0.355 e. The highest BCUT2D eigenvalue weighted by Crippen LogP contribution is 2.28. The van der Waals surface area contributed by atoms with Crippen LogP contribution in [-0.2, 0) is 26.2 Å². The van der Waals surface area contributed by atoms with E-state index in [0.717, 1.165) is 21.5 Å². The number of nitrogens with zero attached hydrogens (tertiary/aromatic N) is 2. The molecule has 0 aliphatic carbocycles. The number of carbonyl (C=O) groups is 2. The van der Waals surface area contributed by atoms with Crippen LogP contribution in [0, 0.1) is 0 Å². The molecule has 0 aromatic heterocycles. The topological polar surface area (TPSA) is 86.8 Å². The van der Waals surface area contributed by atoms with Crippen molar-refractivity contribution in [3.8, 4) is 0 Å². The van der Waals surface area contributed by atoms with Gasteiger partial charge in [-0.3, -0.25) is 13.9 Å². The summed E-state index contributed by atoms with van der Waals surface area (Å²) < 4.78 is 26.7. The van der Waals surface area contributed by atoms with Gasteiger partial charge < -0.3 is 10.2 Å². The first-order valence-corrected chi connectivity index (χ1v) is 13.1.